The molecule has 0 spiro atoms. The van der Waals surface area contributed by atoms with Gasteiger partial charge in [0.15, 0.2) is 15.0 Å². The minimum Gasteiger partial charge on any atom is -0.497 e. The number of benzene rings is 2. The van der Waals surface area contributed by atoms with Crippen LogP contribution in [0.2, 0.25) is 0 Å². The van der Waals surface area contributed by atoms with E-state index in [1.165, 1.54) is 11.8 Å². The molecule has 2 atom stereocenters. The highest BCUT2D eigenvalue weighted by molar-refractivity contribution is 14.1. The van der Waals surface area contributed by atoms with Crippen molar-refractivity contribution in [3.8, 4) is 5.75 Å². The average molecular weight is 542 g/mol. The van der Waals surface area contributed by atoms with Crippen molar-refractivity contribution in [1.82, 2.24) is 0 Å². The Labute approximate surface area is 187 Å². The first-order chi connectivity index (χ1) is 13.8. The van der Waals surface area contributed by atoms with E-state index >= 15 is 0 Å². The first kappa shape index (κ1) is 20.7. The number of sulfone groups is 1. The van der Waals surface area contributed by atoms with E-state index in [4.69, 9.17) is 4.74 Å². The van der Waals surface area contributed by atoms with Crippen molar-refractivity contribution in [1.29, 1.82) is 0 Å². The third kappa shape index (κ3) is 4.61. The van der Waals surface area contributed by atoms with Gasteiger partial charge in [0.2, 0.25) is 0 Å². The van der Waals surface area contributed by atoms with Gasteiger partial charge in [0.1, 0.15) is 5.75 Å². The zero-order valence-corrected chi connectivity index (χ0v) is 19.4. The summed E-state index contributed by atoms with van der Waals surface area (Å²) in [5, 5.41) is 0.473. The number of fused-ring (bicyclic) bond motifs is 1. The fourth-order valence-electron chi connectivity index (χ4n) is 3.56. The predicted octanol–water partition coefficient (Wildman–Crippen LogP) is 3.14. The number of nitrogens with zero attached hydrogens (tertiary/aromatic N) is 2. The fourth-order valence-corrected chi connectivity index (χ4v) is 8.01. The lowest BCUT2D eigenvalue weighted by atomic mass is 10.1. The van der Waals surface area contributed by atoms with E-state index < -0.39 is 9.84 Å². The van der Waals surface area contributed by atoms with Crippen LogP contribution >= 0.6 is 34.4 Å². The monoisotopic (exact) mass is 542 g/mol. The molecule has 2 aromatic rings. The summed E-state index contributed by atoms with van der Waals surface area (Å²) in [6, 6.07) is 14.9. The van der Waals surface area contributed by atoms with Crippen molar-refractivity contribution in [3.63, 3.8) is 0 Å². The highest BCUT2D eigenvalue weighted by Crippen LogP contribution is 2.41. The van der Waals surface area contributed by atoms with Gasteiger partial charge in [0.25, 0.3) is 5.91 Å². The SMILES string of the molecule is COc1ccc(CC(=O)N=C2SC3CS(=O)(=O)CC3N2c2cccc(I)c2)cc1. The zero-order chi connectivity index (χ0) is 20.6. The molecule has 1 amide bonds. The molecule has 0 saturated carbocycles. The maximum atomic E-state index is 12.6. The number of hydrogen-bond donors (Lipinski definition) is 0. The van der Waals surface area contributed by atoms with E-state index in [0.29, 0.717) is 5.17 Å². The number of ether oxygens (including phenoxy) is 1. The second kappa shape index (κ2) is 8.27. The van der Waals surface area contributed by atoms with Gasteiger partial charge >= 0.3 is 0 Å². The van der Waals surface area contributed by atoms with Crippen LogP contribution in [0.3, 0.4) is 0 Å². The zero-order valence-electron chi connectivity index (χ0n) is 15.6. The van der Waals surface area contributed by atoms with Crippen molar-refractivity contribution < 1.29 is 17.9 Å². The van der Waals surface area contributed by atoms with Gasteiger partial charge < -0.3 is 9.64 Å². The number of halogens is 1. The maximum absolute atomic E-state index is 12.6. The molecule has 2 unspecified atom stereocenters. The highest BCUT2D eigenvalue weighted by Gasteiger charge is 2.49. The summed E-state index contributed by atoms with van der Waals surface area (Å²) in [6.07, 6.45) is 0.182. The summed E-state index contributed by atoms with van der Waals surface area (Å²) < 4.78 is 30.5. The Morgan fingerprint density at radius 2 is 2.00 bits per heavy atom. The highest BCUT2D eigenvalue weighted by atomic mass is 127. The van der Waals surface area contributed by atoms with Crippen molar-refractivity contribution in [2.75, 3.05) is 23.5 Å². The van der Waals surface area contributed by atoms with Crippen molar-refractivity contribution in [3.05, 3.63) is 57.7 Å². The minimum absolute atomic E-state index is 0.0851. The summed E-state index contributed by atoms with van der Waals surface area (Å²) in [5.74, 6) is 0.685. The number of rotatable bonds is 4. The molecule has 0 radical (unpaired) electrons. The number of amides is 1. The van der Waals surface area contributed by atoms with Crippen LogP contribution in [0.1, 0.15) is 5.56 Å². The molecular weight excluding hydrogens is 523 g/mol. The molecule has 2 heterocycles. The van der Waals surface area contributed by atoms with E-state index in [9.17, 15) is 13.2 Å². The lowest BCUT2D eigenvalue weighted by Gasteiger charge is -2.24. The summed E-state index contributed by atoms with van der Waals surface area (Å²) in [5.41, 5.74) is 1.72. The summed E-state index contributed by atoms with van der Waals surface area (Å²) in [7, 11) is -1.48. The number of aliphatic imine (C=N–C) groups is 1. The lowest BCUT2D eigenvalue weighted by molar-refractivity contribution is -0.117. The van der Waals surface area contributed by atoms with Crippen LogP contribution in [0.25, 0.3) is 0 Å². The number of anilines is 1. The van der Waals surface area contributed by atoms with Gasteiger partial charge in [-0.3, -0.25) is 4.79 Å². The molecule has 2 aliphatic heterocycles. The van der Waals surface area contributed by atoms with E-state index in [2.05, 4.69) is 27.6 Å². The Kier molecular flexibility index (Phi) is 5.90. The second-order valence-electron chi connectivity index (χ2n) is 6.96. The van der Waals surface area contributed by atoms with Gasteiger partial charge in [-0.1, -0.05) is 30.0 Å². The molecule has 2 saturated heterocycles. The summed E-state index contributed by atoms with van der Waals surface area (Å²) >= 11 is 3.61. The van der Waals surface area contributed by atoms with E-state index in [1.54, 1.807) is 7.11 Å². The van der Waals surface area contributed by atoms with Crippen LogP contribution in [0.4, 0.5) is 5.69 Å². The molecule has 2 aliphatic rings. The molecule has 29 heavy (non-hydrogen) atoms. The third-order valence-corrected chi connectivity index (χ3v) is 8.77. The fraction of sp³-hybridized carbons (Fsp3) is 0.300. The predicted molar refractivity (Wildman–Crippen MR) is 125 cm³/mol. The van der Waals surface area contributed by atoms with Crippen LogP contribution in [-0.4, -0.2) is 49.4 Å². The quantitative estimate of drug-likeness (QED) is 0.553. The van der Waals surface area contributed by atoms with E-state index in [1.807, 2.05) is 53.4 Å². The van der Waals surface area contributed by atoms with Crippen LogP contribution in [0, 0.1) is 3.57 Å². The number of amidine groups is 1. The first-order valence-electron chi connectivity index (χ1n) is 9.01. The van der Waals surface area contributed by atoms with Crippen molar-refractivity contribution >= 4 is 61.0 Å². The van der Waals surface area contributed by atoms with Crippen LogP contribution in [0.5, 0.6) is 5.75 Å². The normalized spacial score (nSPS) is 23.9. The molecule has 4 rings (SSSR count). The van der Waals surface area contributed by atoms with Crippen molar-refractivity contribution in [2.45, 2.75) is 17.7 Å². The maximum Gasteiger partial charge on any atom is 0.252 e. The van der Waals surface area contributed by atoms with Gasteiger partial charge in [-0.05, 0) is 58.5 Å². The first-order valence-corrected chi connectivity index (χ1v) is 12.8. The summed E-state index contributed by atoms with van der Waals surface area (Å²) in [4.78, 5) is 18.9. The molecule has 2 fully saturated rings. The number of thioether (sulfide) groups is 1. The summed E-state index contributed by atoms with van der Waals surface area (Å²) in [6.45, 7) is 0. The molecule has 152 valence electrons. The number of hydrogen-bond acceptors (Lipinski definition) is 5. The third-order valence-electron chi connectivity index (χ3n) is 4.89. The standard InChI is InChI=1S/C20H19IN2O4S2/c1-27-16-7-5-13(6-8-16)9-19(24)22-20-23(15-4-2-3-14(21)10-15)17-11-29(25,26)12-18(17)28-20/h2-8,10,17-18H,9,11-12H2,1H3. The molecule has 0 aromatic heterocycles. The number of carbonyl (C=O) groups excluding carboxylic acids is 1. The van der Waals surface area contributed by atoms with Gasteiger partial charge in [-0.2, -0.15) is 4.99 Å². The van der Waals surface area contributed by atoms with Gasteiger partial charge in [0, 0.05) is 14.5 Å². The lowest BCUT2D eigenvalue weighted by Crippen LogP contribution is -2.37. The largest absolute Gasteiger partial charge is 0.497 e. The molecule has 9 heteroatoms. The Bertz CT molecular complexity index is 1070. The average Bonchev–Trinajstić information content (AvgIpc) is 3.12. The molecule has 0 N–H and O–H groups in total. The Morgan fingerprint density at radius 3 is 2.69 bits per heavy atom. The number of methoxy groups -OCH3 is 1. The van der Waals surface area contributed by atoms with Gasteiger partial charge in [-0.25, -0.2) is 8.42 Å². The van der Waals surface area contributed by atoms with Gasteiger partial charge in [0.05, 0.1) is 31.1 Å². The molecule has 2 aromatic carbocycles. The van der Waals surface area contributed by atoms with E-state index in [-0.39, 0.29) is 35.1 Å². The van der Waals surface area contributed by atoms with Crippen LogP contribution in [0.15, 0.2) is 53.5 Å². The number of carbonyl (C=O) groups is 1. The van der Waals surface area contributed by atoms with Crippen molar-refractivity contribution in [2.24, 2.45) is 4.99 Å². The smallest absolute Gasteiger partial charge is 0.252 e. The van der Waals surface area contributed by atoms with E-state index in [0.717, 1.165) is 20.6 Å². The Balaban J connectivity index is 1.61. The van der Waals surface area contributed by atoms with Gasteiger partial charge in [-0.15, -0.1) is 0 Å². The van der Waals surface area contributed by atoms with Crippen LogP contribution in [-0.2, 0) is 21.1 Å². The van der Waals surface area contributed by atoms with Crippen LogP contribution < -0.4 is 9.64 Å². The Morgan fingerprint density at radius 1 is 1.24 bits per heavy atom. The second-order valence-corrected chi connectivity index (χ2v) is 11.6. The Hall–Kier alpha value is -1.59. The molecular formula is C20H19IN2O4S2. The molecule has 6 nitrogen and oxygen atoms in total. The molecule has 0 bridgehead atoms. The topological polar surface area (TPSA) is 76.0 Å². The minimum atomic E-state index is -3.08. The molecule has 0 aliphatic carbocycles.